The van der Waals surface area contributed by atoms with Gasteiger partial charge in [0, 0.05) is 78.8 Å². The van der Waals surface area contributed by atoms with Crippen LogP contribution in [0, 0.1) is 27.7 Å². The molecule has 2 aliphatic rings. The average molecular weight is 893 g/mol. The van der Waals surface area contributed by atoms with Crippen molar-refractivity contribution in [3.8, 4) is 45.4 Å². The topological polar surface area (TPSA) is 109 Å². The van der Waals surface area contributed by atoms with E-state index in [1.54, 1.807) is 6.07 Å². The summed E-state index contributed by atoms with van der Waals surface area (Å²) in [6, 6.07) is 38.2. The summed E-state index contributed by atoms with van der Waals surface area (Å²) in [6.07, 6.45) is 0. The maximum absolute atomic E-state index is 13.0. The first-order valence-electron chi connectivity index (χ1n) is 21.7. The maximum atomic E-state index is 13.0. The fourth-order valence-corrected chi connectivity index (χ4v) is 7.61. The van der Waals surface area contributed by atoms with Gasteiger partial charge in [0.05, 0.1) is 6.07 Å². The minimum absolute atomic E-state index is 0.185. The summed E-state index contributed by atoms with van der Waals surface area (Å²) in [7, 11) is 8.11. The molecule has 0 atom stereocenters. The fourth-order valence-electron chi connectivity index (χ4n) is 7.39. The number of hydrogen-bond donors (Lipinski definition) is 3. The number of nitrogens with one attached hydrogen (secondary N) is 3. The highest BCUT2D eigenvalue weighted by molar-refractivity contribution is 7.80. The number of rotatable bonds is 17. The Kier molecular flexibility index (Phi) is 14.9. The van der Waals surface area contributed by atoms with Crippen LogP contribution < -0.4 is 49.7 Å². The van der Waals surface area contributed by atoms with Crippen LogP contribution in [0.25, 0.3) is 33.4 Å². The van der Waals surface area contributed by atoms with Crippen molar-refractivity contribution in [2.24, 2.45) is 0 Å². The lowest BCUT2D eigenvalue weighted by Crippen LogP contribution is -2.36. The number of hydrogen-bond acceptors (Lipinski definition) is 8. The quantitative estimate of drug-likeness (QED) is 0.0355. The molecule has 1 aliphatic carbocycles. The number of aryl methyl sites for hydroxylation is 4. The molecule has 0 fully saturated rings. The first kappa shape index (κ1) is 46.0. The van der Waals surface area contributed by atoms with E-state index >= 15 is 0 Å². The van der Waals surface area contributed by atoms with Crippen LogP contribution in [0.15, 0.2) is 120 Å². The molecule has 1 amide bonds. The number of thiocarbonyl (C=S) groups is 1. The molecule has 65 heavy (non-hydrogen) atoms. The van der Waals surface area contributed by atoms with Gasteiger partial charge in [0.1, 0.15) is 74.9 Å². The van der Waals surface area contributed by atoms with Crippen molar-refractivity contribution < 1.29 is 28.2 Å². The number of carbonyl (C=O) groups excluding carboxylic acids is 1. The third-order valence-corrected chi connectivity index (χ3v) is 11.3. The van der Waals surface area contributed by atoms with E-state index in [4.69, 9.17) is 35.6 Å². The van der Waals surface area contributed by atoms with E-state index in [0.29, 0.717) is 55.9 Å². The molecule has 11 nitrogen and oxygen atoms in total. The predicted octanol–water partition coefficient (Wildman–Crippen LogP) is 9.17. The number of ether oxygens (including phenoxy) is 4. The summed E-state index contributed by atoms with van der Waals surface area (Å²) in [5.41, 5.74) is 10.3. The van der Waals surface area contributed by atoms with Crippen molar-refractivity contribution >= 4 is 45.6 Å². The van der Waals surface area contributed by atoms with Crippen molar-refractivity contribution in [1.29, 1.82) is 0 Å². The zero-order chi connectivity index (χ0) is 46.0. The lowest BCUT2D eigenvalue weighted by atomic mass is 9.93. The van der Waals surface area contributed by atoms with Crippen LogP contribution >= 0.6 is 12.2 Å². The Bertz CT molecular complexity index is 2870. The molecule has 1 aliphatic heterocycles. The summed E-state index contributed by atoms with van der Waals surface area (Å²) >= 11 is 5.52. The number of para-hydroxylation sites is 1. The molecule has 7 rings (SSSR count). The highest BCUT2D eigenvalue weighted by Gasteiger charge is 2.20. The van der Waals surface area contributed by atoms with Gasteiger partial charge in [-0.15, -0.1) is 0 Å². The number of anilines is 2. The SMILES string of the molecule is Cc1ccccc1OCCOc1cc(NC(=S)NCCNC(=O)c2ccc(OCCOc3cc(-c4c5ccc(=[N+](C)C)cc-5oc5cc(N(C)C)ccc45)ccc3C)c(C)c2)ccc1C. The summed E-state index contributed by atoms with van der Waals surface area (Å²) in [4.78, 5) is 15.1. The maximum Gasteiger partial charge on any atom is 0.251 e. The monoisotopic (exact) mass is 892 g/mol. The van der Waals surface area contributed by atoms with E-state index in [0.717, 1.165) is 89.7 Å². The molecule has 1 heterocycles. The molecule has 0 aromatic heterocycles. The molecule has 0 spiro atoms. The highest BCUT2D eigenvalue weighted by Crippen LogP contribution is 2.42. The Morgan fingerprint density at radius 2 is 1.29 bits per heavy atom. The zero-order valence-corrected chi connectivity index (χ0v) is 39.3. The second-order valence-corrected chi connectivity index (χ2v) is 16.8. The van der Waals surface area contributed by atoms with Gasteiger partial charge >= 0.3 is 0 Å². The molecular formula is C53H58N5O6S+. The number of carbonyl (C=O) groups is 1. The molecule has 336 valence electrons. The number of nitrogens with zero attached hydrogens (tertiary/aromatic N) is 2. The lowest BCUT2D eigenvalue weighted by molar-refractivity contribution is 0.0954. The fraction of sp³-hybridized carbons (Fsp3) is 0.264. The van der Waals surface area contributed by atoms with E-state index in [1.165, 1.54) is 0 Å². The average Bonchev–Trinajstić information content (AvgIpc) is 3.29. The number of fused-ring (bicyclic) bond motifs is 2. The van der Waals surface area contributed by atoms with Gasteiger partial charge in [-0.05, 0) is 122 Å². The molecule has 0 radical (unpaired) electrons. The molecule has 5 aromatic rings. The number of amides is 1. The van der Waals surface area contributed by atoms with E-state index in [1.807, 2.05) is 110 Å². The second-order valence-electron chi connectivity index (χ2n) is 16.4. The van der Waals surface area contributed by atoms with Crippen molar-refractivity contribution in [1.82, 2.24) is 15.2 Å². The van der Waals surface area contributed by atoms with E-state index < -0.39 is 0 Å². The Morgan fingerprint density at radius 3 is 1.98 bits per heavy atom. The lowest BCUT2D eigenvalue weighted by Gasteiger charge is -2.19. The van der Waals surface area contributed by atoms with Crippen LogP contribution in [0.2, 0.25) is 0 Å². The van der Waals surface area contributed by atoms with E-state index in [-0.39, 0.29) is 5.91 Å². The molecule has 0 saturated heterocycles. The van der Waals surface area contributed by atoms with Gasteiger partial charge in [0.25, 0.3) is 5.91 Å². The van der Waals surface area contributed by atoms with Gasteiger partial charge in [0.15, 0.2) is 5.11 Å². The molecule has 0 unspecified atom stereocenters. The normalized spacial score (nSPS) is 11.0. The van der Waals surface area contributed by atoms with Crippen molar-refractivity contribution in [3.63, 3.8) is 0 Å². The van der Waals surface area contributed by atoms with Crippen LogP contribution in [-0.2, 0) is 0 Å². The molecular weight excluding hydrogens is 835 g/mol. The molecule has 5 aromatic carbocycles. The Morgan fingerprint density at radius 1 is 0.646 bits per heavy atom. The molecule has 12 heteroatoms. The third kappa shape index (κ3) is 11.6. The summed E-state index contributed by atoms with van der Waals surface area (Å²) in [6.45, 7) is 10.3. The van der Waals surface area contributed by atoms with Crippen LogP contribution in [-0.4, -0.2) is 78.7 Å². The Labute approximate surface area is 387 Å². The Hall–Kier alpha value is -7.05. The summed E-state index contributed by atoms with van der Waals surface area (Å²) in [5.74, 6) is 3.69. The van der Waals surface area contributed by atoms with Gasteiger partial charge in [0.2, 0.25) is 5.36 Å². The standard InChI is InChI=1S/C53H57N5O6S/c1-34-11-9-10-12-45(34)60-25-28-63-48-31-40(17-14-36(48)3)56-53(65)55-24-23-54-52(59)39-16-22-46(37(4)29-39)61-26-27-62-47-30-38(15-13-35(47)2)51-43-20-18-41(57(5)6)32-49(43)64-50-33-42(58(7)8)19-21-44(50)51/h9-22,29-33H,23-28H2,1-8H3,(H2-,54,55,56,59,65)/p+1. The zero-order valence-electron chi connectivity index (χ0n) is 38.5. The van der Waals surface area contributed by atoms with Crippen LogP contribution in [0.3, 0.4) is 0 Å². The van der Waals surface area contributed by atoms with Gasteiger partial charge < -0.3 is 44.2 Å². The van der Waals surface area contributed by atoms with Gasteiger partial charge in [-0.1, -0.05) is 36.4 Å². The molecule has 0 bridgehead atoms. The van der Waals surface area contributed by atoms with Gasteiger partial charge in [-0.25, -0.2) is 4.58 Å². The molecule has 0 saturated carbocycles. The molecule has 3 N–H and O–H groups in total. The first-order chi connectivity index (χ1) is 31.3. The van der Waals surface area contributed by atoms with Gasteiger partial charge in [-0.3, -0.25) is 4.79 Å². The van der Waals surface area contributed by atoms with Crippen LogP contribution in [0.1, 0.15) is 32.6 Å². The predicted molar refractivity (Wildman–Crippen MR) is 267 cm³/mol. The summed E-state index contributed by atoms with van der Waals surface area (Å²) < 4.78 is 32.9. The van der Waals surface area contributed by atoms with Crippen molar-refractivity contribution in [2.75, 3.05) is 77.9 Å². The summed E-state index contributed by atoms with van der Waals surface area (Å²) in [5, 5.41) is 11.8. The van der Waals surface area contributed by atoms with Gasteiger partial charge in [-0.2, -0.15) is 0 Å². The largest absolute Gasteiger partial charge is 0.490 e. The third-order valence-electron chi connectivity index (χ3n) is 11.1. The number of benzene rings is 6. The Balaban J connectivity index is 0.884. The van der Waals surface area contributed by atoms with E-state index in [9.17, 15) is 4.79 Å². The van der Waals surface area contributed by atoms with Crippen LogP contribution in [0.4, 0.5) is 11.4 Å². The van der Waals surface area contributed by atoms with Crippen molar-refractivity contribution in [3.05, 3.63) is 148 Å². The highest BCUT2D eigenvalue weighted by atomic mass is 32.1. The minimum Gasteiger partial charge on any atom is -0.490 e. The smallest absolute Gasteiger partial charge is 0.251 e. The first-order valence-corrected chi connectivity index (χ1v) is 22.2. The minimum atomic E-state index is -0.185. The van der Waals surface area contributed by atoms with Crippen molar-refractivity contribution in [2.45, 2.75) is 27.7 Å². The second kappa shape index (κ2) is 21.1. The van der Waals surface area contributed by atoms with E-state index in [2.05, 4.69) is 80.0 Å². The van der Waals surface area contributed by atoms with Crippen LogP contribution in [0.5, 0.6) is 23.0 Å².